The molecule has 1 aromatic heterocycles. The first-order chi connectivity index (χ1) is 10.0. The molecule has 0 fully saturated rings. The number of nitrogens with zero attached hydrogens (tertiary/aromatic N) is 1. The van der Waals surface area contributed by atoms with Crippen molar-refractivity contribution < 1.29 is 4.39 Å². The average molecular weight is 319 g/mol. The molecule has 0 radical (unpaired) electrons. The zero-order valence-corrected chi connectivity index (χ0v) is 12.6. The summed E-state index contributed by atoms with van der Waals surface area (Å²) in [7, 11) is 0. The van der Waals surface area contributed by atoms with E-state index in [1.807, 2.05) is 35.0 Å². The summed E-state index contributed by atoms with van der Waals surface area (Å²) in [5.41, 5.74) is 8.37. The van der Waals surface area contributed by atoms with E-state index in [0.717, 1.165) is 22.0 Å². The number of fused-ring (bicyclic) bond motifs is 1. The summed E-state index contributed by atoms with van der Waals surface area (Å²) in [4.78, 5) is 0.365. The largest absolute Gasteiger partial charge is 0.389 e. The molecule has 1 heterocycles. The summed E-state index contributed by atoms with van der Waals surface area (Å²) in [6.07, 6.45) is 1.97. The van der Waals surface area contributed by atoms with Gasteiger partial charge in [0.25, 0.3) is 0 Å². The van der Waals surface area contributed by atoms with Crippen molar-refractivity contribution in [3.63, 3.8) is 0 Å². The Morgan fingerprint density at radius 3 is 2.71 bits per heavy atom. The number of hydrogen-bond acceptors (Lipinski definition) is 1. The van der Waals surface area contributed by atoms with Crippen LogP contribution in [-0.2, 0) is 6.54 Å². The molecule has 5 heteroatoms. The van der Waals surface area contributed by atoms with E-state index in [4.69, 9.17) is 29.6 Å². The van der Waals surface area contributed by atoms with Gasteiger partial charge >= 0.3 is 0 Å². The number of halogens is 2. The van der Waals surface area contributed by atoms with Crippen LogP contribution >= 0.6 is 23.8 Å². The number of aromatic nitrogens is 1. The molecule has 0 atom stereocenters. The zero-order chi connectivity index (χ0) is 15.0. The molecule has 0 spiro atoms. The maximum atomic E-state index is 13.1. The molecule has 0 saturated heterocycles. The molecule has 0 aliphatic rings. The fraction of sp³-hybridized carbons (Fsp3) is 0.0625. The Hall–Kier alpha value is -1.91. The van der Waals surface area contributed by atoms with Gasteiger partial charge in [0.2, 0.25) is 0 Å². The van der Waals surface area contributed by atoms with Crippen LogP contribution in [-0.4, -0.2) is 9.56 Å². The molecule has 0 amide bonds. The number of hydrogen-bond donors (Lipinski definition) is 1. The molecule has 3 aromatic rings. The molecular formula is C16H12ClFN2S. The van der Waals surface area contributed by atoms with E-state index in [0.29, 0.717) is 16.6 Å². The predicted molar refractivity (Wildman–Crippen MR) is 88.3 cm³/mol. The van der Waals surface area contributed by atoms with E-state index in [9.17, 15) is 4.39 Å². The van der Waals surface area contributed by atoms with Crippen LogP contribution in [0.4, 0.5) is 4.39 Å². The highest BCUT2D eigenvalue weighted by atomic mass is 35.5. The second-order valence-electron chi connectivity index (χ2n) is 4.82. The van der Waals surface area contributed by atoms with E-state index in [1.54, 1.807) is 6.07 Å². The molecule has 2 N–H and O–H groups in total. The predicted octanol–water partition coefficient (Wildman–Crippen LogP) is 4.12. The highest BCUT2D eigenvalue weighted by Crippen LogP contribution is 2.23. The minimum Gasteiger partial charge on any atom is -0.389 e. The van der Waals surface area contributed by atoms with Gasteiger partial charge in [0, 0.05) is 28.8 Å². The van der Waals surface area contributed by atoms with Crippen molar-refractivity contribution >= 4 is 39.7 Å². The Balaban J connectivity index is 2.04. The lowest BCUT2D eigenvalue weighted by Crippen LogP contribution is -2.09. The minimum atomic E-state index is -0.336. The summed E-state index contributed by atoms with van der Waals surface area (Å²) in [6, 6.07) is 12.3. The van der Waals surface area contributed by atoms with E-state index >= 15 is 0 Å². The molecule has 106 valence electrons. The summed E-state index contributed by atoms with van der Waals surface area (Å²) in [6.45, 7) is 0.559. The van der Waals surface area contributed by atoms with Crippen molar-refractivity contribution in [2.24, 2.45) is 5.73 Å². The van der Waals surface area contributed by atoms with E-state index in [-0.39, 0.29) is 5.82 Å². The summed E-state index contributed by atoms with van der Waals surface area (Å²) < 4.78 is 15.1. The monoisotopic (exact) mass is 318 g/mol. The molecule has 0 bridgehead atoms. The fourth-order valence-electron chi connectivity index (χ4n) is 2.31. The van der Waals surface area contributed by atoms with Crippen LogP contribution in [0.5, 0.6) is 0 Å². The number of thiocarbonyl (C=S) groups is 1. The van der Waals surface area contributed by atoms with Gasteiger partial charge in [-0.25, -0.2) is 4.39 Å². The normalized spacial score (nSPS) is 11.0. The quantitative estimate of drug-likeness (QED) is 0.737. The Kier molecular flexibility index (Phi) is 3.66. The summed E-state index contributed by atoms with van der Waals surface area (Å²) >= 11 is 11.1. The topological polar surface area (TPSA) is 30.9 Å². The van der Waals surface area contributed by atoms with Gasteiger partial charge in [0.05, 0.1) is 0 Å². The molecule has 21 heavy (non-hydrogen) atoms. The van der Waals surface area contributed by atoms with Crippen LogP contribution in [0.25, 0.3) is 10.9 Å². The molecule has 0 aliphatic heterocycles. The van der Waals surface area contributed by atoms with Crippen molar-refractivity contribution in [2.75, 3.05) is 0 Å². The minimum absolute atomic E-state index is 0.336. The van der Waals surface area contributed by atoms with Crippen LogP contribution in [0.1, 0.15) is 11.1 Å². The van der Waals surface area contributed by atoms with Gasteiger partial charge in [-0.05, 0) is 35.2 Å². The van der Waals surface area contributed by atoms with Gasteiger partial charge in [0.1, 0.15) is 10.8 Å². The van der Waals surface area contributed by atoms with Crippen LogP contribution in [0, 0.1) is 5.82 Å². The third-order valence-electron chi connectivity index (χ3n) is 3.41. The van der Waals surface area contributed by atoms with Crippen molar-refractivity contribution in [3.8, 4) is 0 Å². The first kappa shape index (κ1) is 14.0. The summed E-state index contributed by atoms with van der Waals surface area (Å²) in [5, 5.41) is 1.51. The highest BCUT2D eigenvalue weighted by Gasteiger charge is 2.07. The Bertz CT molecular complexity index is 841. The van der Waals surface area contributed by atoms with Gasteiger partial charge in [-0.3, -0.25) is 0 Å². The van der Waals surface area contributed by atoms with Gasteiger partial charge in [-0.2, -0.15) is 0 Å². The highest BCUT2D eigenvalue weighted by molar-refractivity contribution is 7.80. The number of nitrogens with two attached hydrogens (primary N) is 1. The van der Waals surface area contributed by atoms with Crippen LogP contribution < -0.4 is 5.73 Å². The molecular weight excluding hydrogens is 307 g/mol. The lowest BCUT2D eigenvalue weighted by molar-refractivity contribution is 0.626. The Labute approximate surface area is 131 Å². The summed E-state index contributed by atoms with van der Waals surface area (Å²) in [5.74, 6) is -0.336. The van der Waals surface area contributed by atoms with Gasteiger partial charge in [-0.1, -0.05) is 42.0 Å². The molecule has 0 aliphatic carbocycles. The molecule has 3 rings (SSSR count). The van der Waals surface area contributed by atoms with Crippen molar-refractivity contribution in [2.45, 2.75) is 6.54 Å². The lowest BCUT2D eigenvalue weighted by Gasteiger charge is -2.08. The Morgan fingerprint density at radius 1 is 1.19 bits per heavy atom. The van der Waals surface area contributed by atoms with Gasteiger partial charge in [0.15, 0.2) is 0 Å². The molecule has 0 unspecified atom stereocenters. The Morgan fingerprint density at radius 2 is 2.00 bits per heavy atom. The van der Waals surface area contributed by atoms with Gasteiger partial charge in [-0.15, -0.1) is 0 Å². The fourth-order valence-corrected chi connectivity index (χ4v) is 2.66. The second-order valence-corrected chi connectivity index (χ2v) is 5.66. The van der Waals surface area contributed by atoms with E-state index in [1.165, 1.54) is 12.1 Å². The maximum Gasteiger partial charge on any atom is 0.124 e. The first-order valence-electron chi connectivity index (χ1n) is 6.37. The van der Waals surface area contributed by atoms with Crippen molar-refractivity contribution in [1.82, 2.24) is 4.57 Å². The lowest BCUT2D eigenvalue weighted by atomic mass is 10.1. The van der Waals surface area contributed by atoms with Gasteiger partial charge < -0.3 is 10.3 Å². The third kappa shape index (κ3) is 2.77. The second kappa shape index (κ2) is 5.47. The first-order valence-corrected chi connectivity index (χ1v) is 7.16. The van der Waals surface area contributed by atoms with Crippen molar-refractivity contribution in [1.29, 1.82) is 0 Å². The van der Waals surface area contributed by atoms with E-state index in [2.05, 4.69) is 0 Å². The van der Waals surface area contributed by atoms with Crippen LogP contribution in [0.3, 0.4) is 0 Å². The number of rotatable bonds is 3. The zero-order valence-electron chi connectivity index (χ0n) is 11.0. The number of benzene rings is 2. The third-order valence-corrected chi connectivity index (χ3v) is 4.00. The van der Waals surface area contributed by atoms with E-state index < -0.39 is 0 Å². The molecule has 2 nitrogen and oxygen atoms in total. The smallest absolute Gasteiger partial charge is 0.124 e. The van der Waals surface area contributed by atoms with Crippen LogP contribution in [0.2, 0.25) is 5.02 Å². The standard InChI is InChI=1S/C16H12ClFN2S/c17-14-8-13(18)4-3-12(14)9-20-6-5-10-1-2-11(16(19)21)7-15(10)20/h1-8H,9H2,(H2,19,21). The SMILES string of the molecule is NC(=S)c1ccc2ccn(Cc3ccc(F)cc3Cl)c2c1. The maximum absolute atomic E-state index is 13.1. The van der Waals surface area contributed by atoms with Crippen molar-refractivity contribution in [3.05, 3.63) is 70.6 Å². The molecule has 2 aromatic carbocycles. The van der Waals surface area contributed by atoms with Crippen LogP contribution in [0.15, 0.2) is 48.7 Å². The molecule has 0 saturated carbocycles. The average Bonchev–Trinajstić information content (AvgIpc) is 2.84.